The van der Waals surface area contributed by atoms with Gasteiger partial charge in [0.15, 0.2) is 0 Å². The number of hydrogen-bond acceptors (Lipinski definition) is 3. The van der Waals surface area contributed by atoms with Crippen LogP contribution < -0.4 is 5.32 Å². The van der Waals surface area contributed by atoms with Gasteiger partial charge in [0.2, 0.25) is 5.91 Å². The largest absolute Gasteiger partial charge is 0.326 e. The molecule has 1 aromatic rings. The molecule has 0 atom stereocenters. The topological polar surface area (TPSA) is 35.6 Å². The van der Waals surface area contributed by atoms with E-state index in [0.717, 1.165) is 57.7 Å². The molecule has 1 fully saturated rings. The SMILES string of the molecule is CCCCCC(=O)Nc1cccc(CN2CCN(C)CC2)c1. The normalized spacial score (nSPS) is 16.6. The van der Waals surface area contributed by atoms with Crippen LogP contribution in [0.3, 0.4) is 0 Å². The molecule has 1 aromatic carbocycles. The lowest BCUT2D eigenvalue weighted by molar-refractivity contribution is -0.116. The number of likely N-dealkylation sites (N-methyl/N-ethyl adjacent to an activating group) is 1. The Hall–Kier alpha value is -1.39. The predicted octanol–water partition coefficient (Wildman–Crippen LogP) is 2.95. The average molecular weight is 303 g/mol. The third-order valence-corrected chi connectivity index (χ3v) is 4.22. The van der Waals surface area contributed by atoms with E-state index in [1.807, 2.05) is 12.1 Å². The highest BCUT2D eigenvalue weighted by Gasteiger charge is 2.14. The van der Waals surface area contributed by atoms with Crippen LogP contribution in [0.25, 0.3) is 0 Å². The summed E-state index contributed by atoms with van der Waals surface area (Å²) in [7, 11) is 2.17. The van der Waals surface area contributed by atoms with E-state index in [1.54, 1.807) is 0 Å². The summed E-state index contributed by atoms with van der Waals surface area (Å²) in [6.07, 6.45) is 3.87. The number of benzene rings is 1. The third kappa shape index (κ3) is 5.78. The summed E-state index contributed by atoms with van der Waals surface area (Å²) < 4.78 is 0. The minimum atomic E-state index is 0.130. The van der Waals surface area contributed by atoms with Gasteiger partial charge in [-0.1, -0.05) is 31.9 Å². The molecular weight excluding hydrogens is 274 g/mol. The van der Waals surface area contributed by atoms with Gasteiger partial charge >= 0.3 is 0 Å². The first-order chi connectivity index (χ1) is 10.7. The number of piperazine rings is 1. The maximum Gasteiger partial charge on any atom is 0.224 e. The summed E-state index contributed by atoms with van der Waals surface area (Å²) >= 11 is 0. The van der Waals surface area contributed by atoms with Crippen LogP contribution in [-0.4, -0.2) is 48.9 Å². The number of carbonyl (C=O) groups excluding carboxylic acids is 1. The number of rotatable bonds is 7. The summed E-state index contributed by atoms with van der Waals surface area (Å²) in [5.74, 6) is 0.130. The Kier molecular flexibility index (Phi) is 6.87. The van der Waals surface area contributed by atoms with Crippen molar-refractivity contribution in [2.24, 2.45) is 0 Å². The van der Waals surface area contributed by atoms with E-state index in [-0.39, 0.29) is 5.91 Å². The Morgan fingerprint density at radius 3 is 2.68 bits per heavy atom. The Morgan fingerprint density at radius 2 is 1.95 bits per heavy atom. The predicted molar refractivity (Wildman–Crippen MR) is 92.0 cm³/mol. The lowest BCUT2D eigenvalue weighted by Crippen LogP contribution is -2.43. The molecule has 1 aliphatic heterocycles. The van der Waals surface area contributed by atoms with Crippen LogP contribution in [0.5, 0.6) is 0 Å². The molecule has 4 nitrogen and oxygen atoms in total. The monoisotopic (exact) mass is 303 g/mol. The van der Waals surface area contributed by atoms with Gasteiger partial charge in [-0.2, -0.15) is 0 Å². The first-order valence-electron chi connectivity index (χ1n) is 8.47. The van der Waals surface area contributed by atoms with Gasteiger partial charge in [-0.25, -0.2) is 0 Å². The molecule has 1 aliphatic rings. The summed E-state index contributed by atoms with van der Waals surface area (Å²) in [4.78, 5) is 16.7. The number of nitrogens with zero attached hydrogens (tertiary/aromatic N) is 2. The zero-order chi connectivity index (χ0) is 15.8. The van der Waals surface area contributed by atoms with Gasteiger partial charge in [0.1, 0.15) is 0 Å². The molecule has 1 amide bonds. The van der Waals surface area contributed by atoms with Crippen molar-refractivity contribution in [3.8, 4) is 0 Å². The number of unbranched alkanes of at least 4 members (excludes halogenated alkanes) is 2. The van der Waals surface area contributed by atoms with Crippen molar-refractivity contribution in [1.29, 1.82) is 0 Å². The quantitative estimate of drug-likeness (QED) is 0.787. The highest BCUT2D eigenvalue weighted by Crippen LogP contribution is 2.14. The minimum absolute atomic E-state index is 0.130. The number of hydrogen-bond donors (Lipinski definition) is 1. The smallest absolute Gasteiger partial charge is 0.224 e. The van der Waals surface area contributed by atoms with Crippen molar-refractivity contribution in [2.75, 3.05) is 38.5 Å². The first-order valence-corrected chi connectivity index (χ1v) is 8.47. The van der Waals surface area contributed by atoms with Crippen LogP contribution in [0, 0.1) is 0 Å². The minimum Gasteiger partial charge on any atom is -0.326 e. The van der Waals surface area contributed by atoms with Crippen molar-refractivity contribution < 1.29 is 4.79 Å². The number of anilines is 1. The van der Waals surface area contributed by atoms with Crippen LogP contribution >= 0.6 is 0 Å². The Labute approximate surface area is 134 Å². The molecule has 122 valence electrons. The van der Waals surface area contributed by atoms with Gasteiger partial charge < -0.3 is 10.2 Å². The van der Waals surface area contributed by atoms with Crippen molar-refractivity contribution in [3.05, 3.63) is 29.8 Å². The van der Waals surface area contributed by atoms with Crippen molar-refractivity contribution in [2.45, 2.75) is 39.2 Å². The van der Waals surface area contributed by atoms with Crippen LogP contribution in [0.1, 0.15) is 38.2 Å². The van der Waals surface area contributed by atoms with Crippen LogP contribution in [-0.2, 0) is 11.3 Å². The van der Waals surface area contributed by atoms with Crippen LogP contribution in [0.4, 0.5) is 5.69 Å². The molecule has 0 bridgehead atoms. The second-order valence-electron chi connectivity index (χ2n) is 6.29. The van der Waals surface area contributed by atoms with E-state index >= 15 is 0 Å². The molecule has 0 spiro atoms. The van der Waals surface area contributed by atoms with Crippen molar-refractivity contribution in [3.63, 3.8) is 0 Å². The molecule has 0 saturated carbocycles. The molecule has 0 aromatic heterocycles. The Bertz CT molecular complexity index is 467. The number of nitrogens with one attached hydrogen (secondary N) is 1. The molecule has 1 N–H and O–H groups in total. The number of amides is 1. The molecule has 1 saturated heterocycles. The summed E-state index contributed by atoms with van der Waals surface area (Å²) in [6.45, 7) is 7.61. The van der Waals surface area contributed by atoms with E-state index in [0.29, 0.717) is 6.42 Å². The highest BCUT2D eigenvalue weighted by atomic mass is 16.1. The lowest BCUT2D eigenvalue weighted by atomic mass is 10.1. The summed E-state index contributed by atoms with van der Waals surface area (Å²) in [6, 6.07) is 8.26. The third-order valence-electron chi connectivity index (χ3n) is 4.22. The average Bonchev–Trinajstić information content (AvgIpc) is 2.50. The molecular formula is C18H29N3O. The Balaban J connectivity index is 1.83. The fourth-order valence-electron chi connectivity index (χ4n) is 2.77. The van der Waals surface area contributed by atoms with Crippen molar-refractivity contribution in [1.82, 2.24) is 9.80 Å². The maximum atomic E-state index is 11.9. The van der Waals surface area contributed by atoms with E-state index in [9.17, 15) is 4.79 Å². The van der Waals surface area contributed by atoms with E-state index in [4.69, 9.17) is 0 Å². The highest BCUT2D eigenvalue weighted by molar-refractivity contribution is 5.90. The zero-order valence-corrected chi connectivity index (χ0v) is 14.0. The first kappa shape index (κ1) is 17.0. The van der Waals surface area contributed by atoms with Crippen LogP contribution in [0.2, 0.25) is 0 Å². The fourth-order valence-corrected chi connectivity index (χ4v) is 2.77. The Morgan fingerprint density at radius 1 is 1.18 bits per heavy atom. The second kappa shape index (κ2) is 8.91. The molecule has 0 aliphatic carbocycles. The zero-order valence-electron chi connectivity index (χ0n) is 14.0. The van der Waals surface area contributed by atoms with E-state index < -0.39 is 0 Å². The van der Waals surface area contributed by atoms with Gasteiger partial charge in [-0.15, -0.1) is 0 Å². The molecule has 22 heavy (non-hydrogen) atoms. The standard InChI is InChI=1S/C18H29N3O/c1-3-4-5-9-18(22)19-17-8-6-7-16(14-17)15-21-12-10-20(2)11-13-21/h6-8,14H,3-5,9-13,15H2,1-2H3,(H,19,22). The second-order valence-corrected chi connectivity index (χ2v) is 6.29. The van der Waals surface area contributed by atoms with Crippen LogP contribution in [0.15, 0.2) is 24.3 Å². The van der Waals surface area contributed by atoms with E-state index in [2.05, 4.69) is 41.2 Å². The molecule has 0 radical (unpaired) electrons. The molecule has 4 heteroatoms. The summed E-state index contributed by atoms with van der Waals surface area (Å²) in [5, 5.41) is 3.02. The molecule has 2 rings (SSSR count). The molecule has 0 unspecified atom stereocenters. The van der Waals surface area contributed by atoms with Gasteiger partial charge in [-0.05, 0) is 31.2 Å². The lowest BCUT2D eigenvalue weighted by Gasteiger charge is -2.32. The van der Waals surface area contributed by atoms with Gasteiger partial charge in [0, 0.05) is 44.8 Å². The molecule has 1 heterocycles. The fraction of sp³-hybridized carbons (Fsp3) is 0.611. The number of carbonyl (C=O) groups is 1. The maximum absolute atomic E-state index is 11.9. The van der Waals surface area contributed by atoms with Gasteiger partial charge in [0.25, 0.3) is 0 Å². The van der Waals surface area contributed by atoms with Gasteiger partial charge in [0.05, 0.1) is 0 Å². The van der Waals surface area contributed by atoms with Crippen molar-refractivity contribution >= 4 is 11.6 Å². The van der Waals surface area contributed by atoms with Gasteiger partial charge in [-0.3, -0.25) is 9.69 Å². The van der Waals surface area contributed by atoms with E-state index in [1.165, 1.54) is 5.56 Å². The summed E-state index contributed by atoms with van der Waals surface area (Å²) in [5.41, 5.74) is 2.20.